The highest BCUT2D eigenvalue weighted by molar-refractivity contribution is 6.27. The van der Waals surface area contributed by atoms with Gasteiger partial charge in [0.15, 0.2) is 0 Å². The summed E-state index contributed by atoms with van der Waals surface area (Å²) in [7, 11) is 0. The molecular formula is C11H19ClN2O2. The lowest BCUT2D eigenvalue weighted by Gasteiger charge is -2.47. The number of rotatable bonds is 2. The molecule has 0 bridgehead atoms. The molecule has 4 nitrogen and oxygen atoms in total. The van der Waals surface area contributed by atoms with Gasteiger partial charge in [-0.1, -0.05) is 6.92 Å². The molecule has 0 aromatic heterocycles. The van der Waals surface area contributed by atoms with Crippen LogP contribution in [-0.2, 0) is 9.53 Å². The highest BCUT2D eigenvalue weighted by atomic mass is 35.5. The third-order valence-electron chi connectivity index (χ3n) is 3.73. The van der Waals surface area contributed by atoms with Crippen LogP contribution in [0.4, 0.5) is 0 Å². The minimum atomic E-state index is 0.0451. The second kappa shape index (κ2) is 4.90. The lowest BCUT2D eigenvalue weighted by atomic mass is 9.92. The molecule has 1 spiro atoms. The first-order valence-corrected chi connectivity index (χ1v) is 6.42. The average Bonchev–Trinajstić information content (AvgIpc) is 2.77. The summed E-state index contributed by atoms with van der Waals surface area (Å²) in [5.41, 5.74) is 0.0503. The number of carbonyl (C=O) groups excluding carboxylic acids is 1. The minimum Gasteiger partial charge on any atom is -0.379 e. The number of piperazine rings is 1. The van der Waals surface area contributed by atoms with Gasteiger partial charge in [-0.15, -0.1) is 11.6 Å². The van der Waals surface area contributed by atoms with E-state index in [-0.39, 0.29) is 17.3 Å². The molecule has 1 atom stereocenters. The fourth-order valence-electron chi connectivity index (χ4n) is 2.77. The van der Waals surface area contributed by atoms with E-state index in [9.17, 15) is 4.79 Å². The molecule has 2 saturated heterocycles. The number of alkyl halides is 1. The lowest BCUT2D eigenvalue weighted by Crippen LogP contribution is -2.63. The highest BCUT2D eigenvalue weighted by Crippen LogP contribution is 2.30. The zero-order valence-corrected chi connectivity index (χ0v) is 10.5. The molecule has 0 aliphatic carbocycles. The first-order chi connectivity index (χ1) is 7.72. The summed E-state index contributed by atoms with van der Waals surface area (Å²) in [4.78, 5) is 16.0. The first kappa shape index (κ1) is 12.1. The largest absolute Gasteiger partial charge is 0.379 e. The van der Waals surface area contributed by atoms with Gasteiger partial charge >= 0.3 is 0 Å². The molecule has 0 aromatic carbocycles. The zero-order chi connectivity index (χ0) is 11.6. The quantitative estimate of drug-likeness (QED) is 0.667. The second-order valence-corrected chi connectivity index (χ2v) is 4.82. The Morgan fingerprint density at radius 3 is 2.88 bits per heavy atom. The van der Waals surface area contributed by atoms with Gasteiger partial charge in [-0.3, -0.25) is 9.69 Å². The Bertz CT molecular complexity index is 267. The summed E-state index contributed by atoms with van der Waals surface area (Å²) in [6.45, 7) is 7.23. The SMILES string of the molecule is CCN1CCN(C(=O)CCl)CC12CCOC2. The van der Waals surface area contributed by atoms with E-state index in [0.717, 1.165) is 45.8 Å². The molecule has 2 fully saturated rings. The van der Waals surface area contributed by atoms with Crippen molar-refractivity contribution in [1.29, 1.82) is 0 Å². The van der Waals surface area contributed by atoms with Crippen molar-refractivity contribution in [2.75, 3.05) is 45.3 Å². The number of amides is 1. The molecule has 16 heavy (non-hydrogen) atoms. The topological polar surface area (TPSA) is 32.8 Å². The predicted molar refractivity (Wildman–Crippen MR) is 62.7 cm³/mol. The normalized spacial score (nSPS) is 31.2. The molecule has 0 saturated carbocycles. The monoisotopic (exact) mass is 246 g/mol. The van der Waals surface area contributed by atoms with Gasteiger partial charge in [0.05, 0.1) is 12.1 Å². The van der Waals surface area contributed by atoms with E-state index in [1.54, 1.807) is 0 Å². The van der Waals surface area contributed by atoms with Crippen molar-refractivity contribution in [3.8, 4) is 0 Å². The van der Waals surface area contributed by atoms with Crippen molar-refractivity contribution in [2.45, 2.75) is 18.9 Å². The molecule has 1 unspecified atom stereocenters. The van der Waals surface area contributed by atoms with E-state index < -0.39 is 0 Å². The number of likely N-dealkylation sites (N-methyl/N-ethyl adjacent to an activating group) is 1. The number of ether oxygens (including phenoxy) is 1. The fourth-order valence-corrected chi connectivity index (χ4v) is 2.94. The lowest BCUT2D eigenvalue weighted by molar-refractivity contribution is -0.134. The van der Waals surface area contributed by atoms with Crippen molar-refractivity contribution in [1.82, 2.24) is 9.80 Å². The summed E-state index contributed by atoms with van der Waals surface area (Å²) in [5.74, 6) is 0.131. The average molecular weight is 247 g/mol. The third kappa shape index (κ3) is 2.06. The number of carbonyl (C=O) groups is 1. The summed E-state index contributed by atoms with van der Waals surface area (Å²) < 4.78 is 5.52. The predicted octanol–water partition coefficient (Wildman–Crippen LogP) is 0.548. The molecule has 0 N–H and O–H groups in total. The standard InChI is InChI=1S/C11H19ClN2O2/c1-2-14-5-4-13(10(15)7-12)8-11(14)3-6-16-9-11/h2-9H2,1H3. The van der Waals surface area contributed by atoms with E-state index in [0.29, 0.717) is 0 Å². The zero-order valence-electron chi connectivity index (χ0n) is 9.75. The van der Waals surface area contributed by atoms with Crippen LogP contribution in [0.5, 0.6) is 0 Å². The maximum absolute atomic E-state index is 11.6. The van der Waals surface area contributed by atoms with Crippen molar-refractivity contribution >= 4 is 17.5 Å². The Morgan fingerprint density at radius 2 is 2.31 bits per heavy atom. The van der Waals surface area contributed by atoms with Gasteiger partial charge in [0.1, 0.15) is 5.88 Å². The van der Waals surface area contributed by atoms with Crippen molar-refractivity contribution in [3.63, 3.8) is 0 Å². The molecular weight excluding hydrogens is 228 g/mol. The van der Waals surface area contributed by atoms with Crippen LogP contribution in [-0.4, -0.2) is 66.5 Å². The molecule has 92 valence electrons. The first-order valence-electron chi connectivity index (χ1n) is 5.88. The van der Waals surface area contributed by atoms with E-state index in [4.69, 9.17) is 16.3 Å². The Morgan fingerprint density at radius 1 is 1.50 bits per heavy atom. The van der Waals surface area contributed by atoms with Gasteiger partial charge in [0, 0.05) is 26.2 Å². The molecule has 1 amide bonds. The molecule has 5 heteroatoms. The summed E-state index contributed by atoms with van der Waals surface area (Å²) in [6, 6.07) is 0. The molecule has 0 aromatic rings. The van der Waals surface area contributed by atoms with E-state index in [1.807, 2.05) is 4.90 Å². The molecule has 2 heterocycles. The molecule has 2 aliphatic rings. The minimum absolute atomic E-state index is 0.0451. The van der Waals surface area contributed by atoms with Gasteiger partial charge < -0.3 is 9.64 Å². The van der Waals surface area contributed by atoms with E-state index in [1.165, 1.54) is 0 Å². The Balaban J connectivity index is 2.09. The van der Waals surface area contributed by atoms with Gasteiger partial charge in [-0.2, -0.15) is 0 Å². The Labute approximate surface area is 101 Å². The van der Waals surface area contributed by atoms with Crippen LogP contribution in [0.2, 0.25) is 0 Å². The van der Waals surface area contributed by atoms with Crippen LogP contribution >= 0.6 is 11.6 Å². The Kier molecular flexibility index (Phi) is 3.72. The van der Waals surface area contributed by atoms with Crippen LogP contribution in [0.3, 0.4) is 0 Å². The number of halogens is 1. The molecule has 0 radical (unpaired) electrons. The summed E-state index contributed by atoms with van der Waals surface area (Å²) in [6.07, 6.45) is 1.02. The number of nitrogens with zero attached hydrogens (tertiary/aromatic N) is 2. The van der Waals surface area contributed by atoms with Crippen molar-refractivity contribution < 1.29 is 9.53 Å². The van der Waals surface area contributed by atoms with E-state index >= 15 is 0 Å². The van der Waals surface area contributed by atoms with Crippen LogP contribution in [0, 0.1) is 0 Å². The van der Waals surface area contributed by atoms with Crippen molar-refractivity contribution in [2.24, 2.45) is 0 Å². The maximum Gasteiger partial charge on any atom is 0.237 e. The van der Waals surface area contributed by atoms with Gasteiger partial charge in [-0.05, 0) is 13.0 Å². The second-order valence-electron chi connectivity index (χ2n) is 4.56. The smallest absolute Gasteiger partial charge is 0.237 e. The van der Waals surface area contributed by atoms with E-state index in [2.05, 4.69) is 11.8 Å². The third-order valence-corrected chi connectivity index (χ3v) is 3.96. The van der Waals surface area contributed by atoms with Crippen LogP contribution in [0.1, 0.15) is 13.3 Å². The van der Waals surface area contributed by atoms with Crippen LogP contribution in [0.25, 0.3) is 0 Å². The maximum atomic E-state index is 11.6. The fraction of sp³-hybridized carbons (Fsp3) is 0.909. The highest BCUT2D eigenvalue weighted by Gasteiger charge is 2.44. The Hall–Kier alpha value is -0.320. The molecule has 2 rings (SSSR count). The van der Waals surface area contributed by atoms with Crippen molar-refractivity contribution in [3.05, 3.63) is 0 Å². The van der Waals surface area contributed by atoms with Gasteiger partial charge in [0.25, 0.3) is 0 Å². The number of hydrogen-bond donors (Lipinski definition) is 0. The van der Waals surface area contributed by atoms with Crippen LogP contribution < -0.4 is 0 Å². The van der Waals surface area contributed by atoms with Crippen LogP contribution in [0.15, 0.2) is 0 Å². The van der Waals surface area contributed by atoms with Gasteiger partial charge in [-0.25, -0.2) is 0 Å². The summed E-state index contributed by atoms with van der Waals surface area (Å²) >= 11 is 5.61. The number of hydrogen-bond acceptors (Lipinski definition) is 3. The molecule has 2 aliphatic heterocycles. The summed E-state index contributed by atoms with van der Waals surface area (Å²) in [5, 5.41) is 0. The van der Waals surface area contributed by atoms with Gasteiger partial charge in [0.2, 0.25) is 5.91 Å².